The van der Waals surface area contributed by atoms with Gasteiger partial charge in [0.1, 0.15) is 11.5 Å². The van der Waals surface area contributed by atoms with Gasteiger partial charge in [-0.3, -0.25) is 0 Å². The lowest BCUT2D eigenvalue weighted by Gasteiger charge is -2.26. The van der Waals surface area contributed by atoms with Crippen LogP contribution < -0.4 is 0 Å². The quantitative estimate of drug-likeness (QED) is 0.882. The van der Waals surface area contributed by atoms with E-state index in [9.17, 15) is 10.2 Å². The van der Waals surface area contributed by atoms with Crippen molar-refractivity contribution >= 4 is 0 Å². The number of phenols is 2. The largest absolute Gasteiger partial charge is 0.508 e. The first kappa shape index (κ1) is 15.4. The van der Waals surface area contributed by atoms with E-state index in [1.165, 1.54) is 6.42 Å². The highest BCUT2D eigenvalue weighted by Gasteiger charge is 2.22. The Morgan fingerprint density at radius 3 is 1.29 bits per heavy atom. The van der Waals surface area contributed by atoms with Crippen molar-refractivity contribution in [3.05, 3.63) is 59.7 Å². The third-order valence-electron chi connectivity index (χ3n) is 3.76. The molecule has 3 rings (SSSR count). The van der Waals surface area contributed by atoms with Crippen molar-refractivity contribution < 1.29 is 14.9 Å². The molecule has 1 heterocycles. The molecule has 2 N–H and O–H groups in total. The molecule has 2 aromatic rings. The van der Waals surface area contributed by atoms with Gasteiger partial charge < -0.3 is 14.9 Å². The zero-order valence-electron chi connectivity index (χ0n) is 12.5. The van der Waals surface area contributed by atoms with E-state index < -0.39 is 0 Å². The highest BCUT2D eigenvalue weighted by atomic mass is 16.5. The summed E-state index contributed by atoms with van der Waals surface area (Å²) in [6.07, 6.45) is 1.28. The van der Waals surface area contributed by atoms with Crippen molar-refractivity contribution in [2.45, 2.75) is 25.7 Å². The Labute approximate surface area is 125 Å². The van der Waals surface area contributed by atoms with Gasteiger partial charge in [0.2, 0.25) is 0 Å². The fourth-order valence-electron chi connectivity index (χ4n) is 2.07. The lowest BCUT2D eigenvalue weighted by molar-refractivity contribution is 0.0367. The van der Waals surface area contributed by atoms with Crippen LogP contribution in [-0.2, 0) is 10.2 Å². The monoisotopic (exact) mass is 286 g/mol. The van der Waals surface area contributed by atoms with Gasteiger partial charge in [0.15, 0.2) is 0 Å². The van der Waals surface area contributed by atoms with Crippen LogP contribution in [0.3, 0.4) is 0 Å². The molecule has 0 unspecified atom stereocenters. The highest BCUT2D eigenvalue weighted by Crippen LogP contribution is 2.32. The molecule has 1 aliphatic rings. The van der Waals surface area contributed by atoms with Gasteiger partial charge >= 0.3 is 0 Å². The first-order chi connectivity index (χ1) is 10.00. The third-order valence-corrected chi connectivity index (χ3v) is 3.76. The zero-order chi connectivity index (χ0) is 15.3. The summed E-state index contributed by atoms with van der Waals surface area (Å²) in [6.45, 7) is 6.23. The summed E-state index contributed by atoms with van der Waals surface area (Å²) in [6, 6.07) is 14.4. The number of hydrogen-bond acceptors (Lipinski definition) is 3. The number of benzene rings is 2. The summed E-state index contributed by atoms with van der Waals surface area (Å²) in [5.74, 6) is 0.547. The number of rotatable bonds is 2. The van der Waals surface area contributed by atoms with E-state index in [1.807, 2.05) is 24.3 Å². The fraction of sp³-hybridized carbons (Fsp3) is 0.333. The highest BCUT2D eigenvalue weighted by molar-refractivity contribution is 5.41. The van der Waals surface area contributed by atoms with Gasteiger partial charge in [-0.1, -0.05) is 38.1 Å². The molecule has 21 heavy (non-hydrogen) atoms. The summed E-state index contributed by atoms with van der Waals surface area (Å²) in [5, 5.41) is 18.6. The molecule has 1 aliphatic heterocycles. The van der Waals surface area contributed by atoms with Crippen molar-refractivity contribution in [1.29, 1.82) is 0 Å². The minimum absolute atomic E-state index is 0.151. The molecule has 3 heteroatoms. The maximum absolute atomic E-state index is 9.30. The molecule has 0 aromatic heterocycles. The first-order valence-electron chi connectivity index (χ1n) is 7.17. The van der Waals surface area contributed by atoms with Crippen LogP contribution in [0, 0.1) is 0 Å². The van der Waals surface area contributed by atoms with Gasteiger partial charge in [0.25, 0.3) is 0 Å². The normalized spacial score (nSPS) is 13.8. The summed E-state index contributed by atoms with van der Waals surface area (Å²) in [4.78, 5) is 0. The minimum Gasteiger partial charge on any atom is -0.508 e. The molecule has 0 amide bonds. The maximum atomic E-state index is 9.30. The standard InChI is InChI=1S/C15H16O2.C3H6O/c1-15(2,11-3-7-13(16)8-4-11)12-5-9-14(17)10-6-12;1-2-4-3-1/h3-10,16-17H,1-2H3;1-3H2. The van der Waals surface area contributed by atoms with Crippen molar-refractivity contribution in [3.63, 3.8) is 0 Å². The number of ether oxygens (including phenoxy) is 1. The van der Waals surface area contributed by atoms with Crippen LogP contribution in [0.2, 0.25) is 0 Å². The molecule has 0 spiro atoms. The summed E-state index contributed by atoms with van der Waals surface area (Å²) in [5.41, 5.74) is 2.10. The summed E-state index contributed by atoms with van der Waals surface area (Å²) < 4.78 is 4.72. The Morgan fingerprint density at radius 2 is 1.05 bits per heavy atom. The predicted octanol–water partition coefficient (Wildman–Crippen LogP) is 3.83. The minimum atomic E-state index is -0.151. The van der Waals surface area contributed by atoms with Crippen LogP contribution in [0.4, 0.5) is 0 Å². The molecule has 112 valence electrons. The average molecular weight is 286 g/mol. The lowest BCUT2D eigenvalue weighted by Crippen LogP contribution is -2.18. The molecule has 1 saturated heterocycles. The van der Waals surface area contributed by atoms with Gasteiger partial charge in [-0.2, -0.15) is 0 Å². The smallest absolute Gasteiger partial charge is 0.115 e. The van der Waals surface area contributed by atoms with Crippen molar-refractivity contribution in [1.82, 2.24) is 0 Å². The zero-order valence-corrected chi connectivity index (χ0v) is 12.5. The number of aromatic hydroxyl groups is 2. The second-order valence-corrected chi connectivity index (χ2v) is 5.68. The van der Waals surface area contributed by atoms with Gasteiger partial charge in [0, 0.05) is 18.6 Å². The predicted molar refractivity (Wildman–Crippen MR) is 83.8 cm³/mol. The molecular formula is C18H22O3. The third kappa shape index (κ3) is 3.99. The van der Waals surface area contributed by atoms with Gasteiger partial charge in [-0.15, -0.1) is 0 Å². The second-order valence-electron chi connectivity index (χ2n) is 5.68. The lowest BCUT2D eigenvalue weighted by atomic mass is 9.78. The topological polar surface area (TPSA) is 49.7 Å². The van der Waals surface area contributed by atoms with E-state index >= 15 is 0 Å². The van der Waals surface area contributed by atoms with Crippen LogP contribution in [0.15, 0.2) is 48.5 Å². The summed E-state index contributed by atoms with van der Waals surface area (Å²) >= 11 is 0. The molecular weight excluding hydrogens is 264 g/mol. The summed E-state index contributed by atoms with van der Waals surface area (Å²) in [7, 11) is 0. The van der Waals surface area contributed by atoms with Crippen molar-refractivity contribution in [3.8, 4) is 11.5 Å². The average Bonchev–Trinajstić information content (AvgIpc) is 2.38. The van der Waals surface area contributed by atoms with E-state index in [4.69, 9.17) is 4.74 Å². The van der Waals surface area contributed by atoms with Gasteiger partial charge in [-0.05, 0) is 41.8 Å². The molecule has 0 aliphatic carbocycles. The van der Waals surface area contributed by atoms with Crippen LogP contribution in [0.1, 0.15) is 31.4 Å². The van der Waals surface area contributed by atoms with E-state index in [1.54, 1.807) is 24.3 Å². The Balaban J connectivity index is 0.000000347. The Morgan fingerprint density at radius 1 is 0.762 bits per heavy atom. The van der Waals surface area contributed by atoms with Gasteiger partial charge in [0.05, 0.1) is 0 Å². The van der Waals surface area contributed by atoms with E-state index in [0.29, 0.717) is 0 Å². The van der Waals surface area contributed by atoms with Crippen LogP contribution in [0.25, 0.3) is 0 Å². The molecule has 0 radical (unpaired) electrons. The van der Waals surface area contributed by atoms with Crippen molar-refractivity contribution in [2.75, 3.05) is 13.2 Å². The molecule has 0 bridgehead atoms. The van der Waals surface area contributed by atoms with E-state index in [2.05, 4.69) is 13.8 Å². The number of phenolic OH excluding ortho intramolecular Hbond substituents is 2. The molecule has 2 aromatic carbocycles. The van der Waals surface area contributed by atoms with Gasteiger partial charge in [-0.25, -0.2) is 0 Å². The molecule has 0 saturated carbocycles. The van der Waals surface area contributed by atoms with Crippen LogP contribution >= 0.6 is 0 Å². The molecule has 1 fully saturated rings. The van der Waals surface area contributed by atoms with Crippen molar-refractivity contribution in [2.24, 2.45) is 0 Å². The Kier molecular flexibility index (Phi) is 4.86. The molecule has 0 atom stereocenters. The first-order valence-corrected chi connectivity index (χ1v) is 7.17. The maximum Gasteiger partial charge on any atom is 0.115 e. The Bertz CT molecular complexity index is 501. The SMILES string of the molecule is C1COC1.CC(C)(c1ccc(O)cc1)c1ccc(O)cc1. The Hall–Kier alpha value is -2.00. The molecule has 3 nitrogen and oxygen atoms in total. The fourth-order valence-corrected chi connectivity index (χ4v) is 2.07. The van der Waals surface area contributed by atoms with Crippen LogP contribution in [0.5, 0.6) is 11.5 Å². The van der Waals surface area contributed by atoms with E-state index in [0.717, 1.165) is 24.3 Å². The second kappa shape index (κ2) is 6.64. The van der Waals surface area contributed by atoms with Crippen LogP contribution in [-0.4, -0.2) is 23.4 Å². The number of hydrogen-bond donors (Lipinski definition) is 2. The van der Waals surface area contributed by atoms with E-state index in [-0.39, 0.29) is 16.9 Å².